The number of nitrogens with zero attached hydrogens (tertiary/aromatic N) is 2. The normalized spacial score (nSPS) is 12.1. The van der Waals surface area contributed by atoms with Crippen molar-refractivity contribution in [3.8, 4) is 22.5 Å². The molecule has 0 amide bonds. The third-order valence-electron chi connectivity index (χ3n) is 12.5. The molecule has 0 aliphatic carbocycles. The lowest BCUT2D eigenvalue weighted by Crippen LogP contribution is -2.01. The van der Waals surface area contributed by atoms with E-state index in [1.807, 2.05) is 0 Å². The van der Waals surface area contributed by atoms with Gasteiger partial charge in [0, 0.05) is 37.7 Å². The molecular formula is C57H38N2. The van der Waals surface area contributed by atoms with Crippen LogP contribution >= 0.6 is 0 Å². The number of aryl methyl sites for hydroxylation is 1. The van der Waals surface area contributed by atoms with Crippen molar-refractivity contribution in [3.63, 3.8) is 0 Å². The van der Waals surface area contributed by atoms with Crippen LogP contribution in [0.2, 0.25) is 0 Å². The Balaban J connectivity index is 1.23. The molecule has 2 aromatic heterocycles. The Morgan fingerprint density at radius 2 is 0.797 bits per heavy atom. The van der Waals surface area contributed by atoms with Crippen LogP contribution in [0.5, 0.6) is 0 Å². The van der Waals surface area contributed by atoms with Crippen molar-refractivity contribution in [3.05, 3.63) is 217 Å². The van der Waals surface area contributed by atoms with E-state index < -0.39 is 0 Å². The maximum absolute atomic E-state index is 2.53. The van der Waals surface area contributed by atoms with Gasteiger partial charge in [-0.15, -0.1) is 0 Å². The fourth-order valence-corrected chi connectivity index (χ4v) is 9.91. The van der Waals surface area contributed by atoms with Gasteiger partial charge in [-0.25, -0.2) is 0 Å². The summed E-state index contributed by atoms with van der Waals surface area (Å²) in [6.45, 7) is 2.20. The van der Waals surface area contributed by atoms with Crippen molar-refractivity contribution >= 4 is 88.1 Å². The van der Waals surface area contributed by atoms with Crippen LogP contribution in [0.25, 0.3) is 111 Å². The zero-order valence-corrected chi connectivity index (χ0v) is 32.6. The summed E-state index contributed by atoms with van der Waals surface area (Å²) in [5, 5.41) is 12.4. The van der Waals surface area contributed by atoms with Crippen LogP contribution in [0.1, 0.15) is 16.7 Å². The van der Waals surface area contributed by atoms with Gasteiger partial charge in [-0.05, 0) is 81.2 Å². The Labute approximate surface area is 342 Å². The van der Waals surface area contributed by atoms with Gasteiger partial charge in [0.1, 0.15) is 0 Å². The maximum atomic E-state index is 2.53. The number of hydrogen-bond acceptors (Lipinski definition) is 0. The first-order valence-electron chi connectivity index (χ1n) is 20.4. The minimum Gasteiger partial charge on any atom is -0.309 e. The van der Waals surface area contributed by atoms with Crippen LogP contribution in [0, 0.1) is 6.92 Å². The second-order valence-electron chi connectivity index (χ2n) is 15.6. The SMILES string of the molecule is Cc1ccccc1-c1ccccc1/C=C\c1c2ccccc2c(-n2c3ccccc3c3ccccc32)c2c1ccc1c(-n3c4ccccc4c4ccccc43)cccc12. The first kappa shape index (κ1) is 33.5. The van der Waals surface area contributed by atoms with Crippen molar-refractivity contribution in [2.75, 3.05) is 0 Å². The van der Waals surface area contributed by atoms with Crippen molar-refractivity contribution in [1.82, 2.24) is 9.13 Å². The van der Waals surface area contributed by atoms with E-state index in [1.165, 1.54) is 115 Å². The van der Waals surface area contributed by atoms with Crippen molar-refractivity contribution in [2.24, 2.45) is 0 Å². The minimum atomic E-state index is 1.17. The standard InChI is InChI=1S/C57H38N2/c1-37-17-2-4-19-39(37)40-20-5-3-18-38(40)33-34-42-41-21-6-7-26-50(41)57(59-54-30-14-10-24-45(54)46-25-11-15-31-55(46)59)56-48-27-16-32-53(47(48)35-36-49(42)56)58-51-28-12-8-22-43(51)44-23-9-13-29-52(44)58/h2-36H,1H3/b34-33-. The molecule has 276 valence electrons. The Morgan fingerprint density at radius 1 is 0.322 bits per heavy atom. The first-order valence-corrected chi connectivity index (χ1v) is 20.4. The monoisotopic (exact) mass is 750 g/mol. The summed E-state index contributed by atoms with van der Waals surface area (Å²) in [6.07, 6.45) is 4.68. The summed E-state index contributed by atoms with van der Waals surface area (Å²) >= 11 is 0. The summed E-state index contributed by atoms with van der Waals surface area (Å²) in [6, 6.07) is 73.4. The molecule has 0 bridgehead atoms. The predicted octanol–water partition coefficient (Wildman–Crippen LogP) is 15.5. The van der Waals surface area contributed by atoms with Gasteiger partial charge in [-0.3, -0.25) is 0 Å². The zero-order chi connectivity index (χ0) is 39.0. The van der Waals surface area contributed by atoms with Crippen LogP contribution < -0.4 is 0 Å². The van der Waals surface area contributed by atoms with E-state index >= 15 is 0 Å². The minimum absolute atomic E-state index is 1.17. The number of fused-ring (bicyclic) bond motifs is 10. The van der Waals surface area contributed by atoms with Crippen molar-refractivity contribution in [1.29, 1.82) is 0 Å². The molecule has 0 atom stereocenters. The van der Waals surface area contributed by atoms with E-state index in [2.05, 4.69) is 228 Å². The van der Waals surface area contributed by atoms with Gasteiger partial charge >= 0.3 is 0 Å². The summed E-state index contributed by atoms with van der Waals surface area (Å²) in [7, 11) is 0. The van der Waals surface area contributed by atoms with Crippen LogP contribution in [0.15, 0.2) is 200 Å². The summed E-state index contributed by atoms with van der Waals surface area (Å²) < 4.78 is 4.99. The van der Waals surface area contributed by atoms with Gasteiger partial charge in [0.05, 0.1) is 33.4 Å². The number of rotatable bonds is 5. The van der Waals surface area contributed by atoms with E-state index in [4.69, 9.17) is 0 Å². The average molecular weight is 751 g/mol. The van der Waals surface area contributed by atoms with Crippen molar-refractivity contribution < 1.29 is 0 Å². The Bertz CT molecular complexity index is 3580. The van der Waals surface area contributed by atoms with E-state index in [0.29, 0.717) is 0 Å². The van der Waals surface area contributed by atoms with Gasteiger partial charge < -0.3 is 9.13 Å². The average Bonchev–Trinajstić information content (AvgIpc) is 3.81. The van der Waals surface area contributed by atoms with Crippen LogP contribution in [0.3, 0.4) is 0 Å². The second kappa shape index (κ2) is 13.2. The Morgan fingerprint density at radius 3 is 1.42 bits per heavy atom. The Hall–Kier alpha value is -7.68. The highest BCUT2D eigenvalue weighted by Gasteiger charge is 2.22. The summed E-state index contributed by atoms with van der Waals surface area (Å²) in [4.78, 5) is 0. The molecule has 12 rings (SSSR count). The summed E-state index contributed by atoms with van der Waals surface area (Å²) in [5.74, 6) is 0. The van der Waals surface area contributed by atoms with Gasteiger partial charge in [0.15, 0.2) is 0 Å². The van der Waals surface area contributed by atoms with Crippen LogP contribution in [-0.2, 0) is 0 Å². The fourth-order valence-electron chi connectivity index (χ4n) is 9.91. The molecule has 0 saturated carbocycles. The predicted molar refractivity (Wildman–Crippen MR) is 253 cm³/mol. The van der Waals surface area contributed by atoms with Crippen molar-refractivity contribution in [2.45, 2.75) is 6.92 Å². The second-order valence-corrected chi connectivity index (χ2v) is 15.6. The highest BCUT2D eigenvalue weighted by atomic mass is 15.0. The van der Waals surface area contributed by atoms with E-state index in [-0.39, 0.29) is 0 Å². The van der Waals surface area contributed by atoms with Gasteiger partial charge in [-0.2, -0.15) is 0 Å². The molecule has 2 heterocycles. The van der Waals surface area contributed by atoms with Gasteiger partial charge in [0.2, 0.25) is 0 Å². The molecular weight excluding hydrogens is 713 g/mol. The lowest BCUT2D eigenvalue weighted by Gasteiger charge is -2.21. The molecule has 10 aromatic carbocycles. The van der Waals surface area contributed by atoms with E-state index in [9.17, 15) is 0 Å². The topological polar surface area (TPSA) is 9.86 Å². The van der Waals surface area contributed by atoms with Gasteiger partial charge in [0.25, 0.3) is 0 Å². The third-order valence-corrected chi connectivity index (χ3v) is 12.5. The largest absolute Gasteiger partial charge is 0.309 e. The third kappa shape index (κ3) is 5.00. The number of benzene rings is 10. The molecule has 0 radical (unpaired) electrons. The lowest BCUT2D eigenvalue weighted by atomic mass is 9.89. The number of para-hydroxylation sites is 4. The molecule has 0 aliphatic rings. The molecule has 0 saturated heterocycles. The number of hydrogen-bond donors (Lipinski definition) is 0. The zero-order valence-electron chi connectivity index (χ0n) is 32.6. The molecule has 0 N–H and O–H groups in total. The fraction of sp³-hybridized carbons (Fsp3) is 0.0175. The molecule has 59 heavy (non-hydrogen) atoms. The molecule has 12 aromatic rings. The smallest absolute Gasteiger partial charge is 0.0625 e. The Kier molecular flexibility index (Phi) is 7.48. The van der Waals surface area contributed by atoms with E-state index in [1.54, 1.807) is 0 Å². The highest BCUT2D eigenvalue weighted by Crippen LogP contribution is 2.45. The first-order chi connectivity index (χ1) is 29.2. The number of aromatic nitrogens is 2. The van der Waals surface area contributed by atoms with Crippen LogP contribution in [0.4, 0.5) is 0 Å². The van der Waals surface area contributed by atoms with Crippen LogP contribution in [-0.4, -0.2) is 9.13 Å². The highest BCUT2D eigenvalue weighted by molar-refractivity contribution is 6.25. The molecule has 2 heteroatoms. The maximum Gasteiger partial charge on any atom is 0.0625 e. The molecule has 0 unspecified atom stereocenters. The lowest BCUT2D eigenvalue weighted by molar-refractivity contribution is 1.20. The molecule has 0 fully saturated rings. The quantitative estimate of drug-likeness (QED) is 0.0942. The molecule has 2 nitrogen and oxygen atoms in total. The summed E-state index contributed by atoms with van der Waals surface area (Å²) in [5.41, 5.74) is 13.4. The van der Waals surface area contributed by atoms with Gasteiger partial charge in [-0.1, -0.05) is 182 Å². The molecule has 0 spiro atoms. The molecule has 0 aliphatic heterocycles. The van der Waals surface area contributed by atoms with E-state index in [0.717, 1.165) is 0 Å².